The molecule has 2 aromatic rings. The molecule has 0 atom stereocenters. The molecule has 0 bridgehead atoms. The Bertz CT molecular complexity index is 740. The standard InChI is InChI=1S/C16H13BrN2O3/c1-11-14(3-2-4-15(11)19(21)22)18-16(20)10-7-12-5-8-13(17)9-6-12/h2-10H,1H3,(H,18,20)/b10-7+. The first kappa shape index (κ1) is 15.9. The third-order valence-corrected chi connectivity index (χ3v) is 3.59. The number of anilines is 1. The number of nitrogens with one attached hydrogen (secondary N) is 1. The van der Waals surface area contributed by atoms with Crippen molar-refractivity contribution in [3.63, 3.8) is 0 Å². The molecule has 0 heterocycles. The highest BCUT2D eigenvalue weighted by Gasteiger charge is 2.13. The molecule has 0 aliphatic carbocycles. The summed E-state index contributed by atoms with van der Waals surface area (Å²) in [4.78, 5) is 22.3. The number of rotatable bonds is 4. The number of amides is 1. The van der Waals surface area contributed by atoms with E-state index in [1.54, 1.807) is 25.1 Å². The van der Waals surface area contributed by atoms with Crippen molar-refractivity contribution in [2.24, 2.45) is 0 Å². The molecule has 2 rings (SSSR count). The molecular formula is C16H13BrN2O3. The lowest BCUT2D eigenvalue weighted by Crippen LogP contribution is -2.09. The number of hydrogen-bond acceptors (Lipinski definition) is 3. The van der Waals surface area contributed by atoms with Crippen molar-refractivity contribution < 1.29 is 9.72 Å². The molecule has 0 unspecified atom stereocenters. The fraction of sp³-hybridized carbons (Fsp3) is 0.0625. The van der Waals surface area contributed by atoms with E-state index in [0.29, 0.717) is 11.3 Å². The van der Waals surface area contributed by atoms with Crippen LogP contribution in [0.2, 0.25) is 0 Å². The number of benzene rings is 2. The summed E-state index contributed by atoms with van der Waals surface area (Å²) in [6, 6.07) is 12.1. The molecule has 0 spiro atoms. The lowest BCUT2D eigenvalue weighted by Gasteiger charge is -2.06. The first-order valence-corrected chi connectivity index (χ1v) is 7.25. The van der Waals surface area contributed by atoms with Crippen LogP contribution < -0.4 is 5.32 Å². The second-order valence-corrected chi connectivity index (χ2v) is 5.50. The van der Waals surface area contributed by atoms with Crippen molar-refractivity contribution in [1.29, 1.82) is 0 Å². The highest BCUT2D eigenvalue weighted by molar-refractivity contribution is 9.10. The van der Waals surface area contributed by atoms with Crippen LogP contribution in [0.25, 0.3) is 6.08 Å². The predicted molar refractivity (Wildman–Crippen MR) is 89.6 cm³/mol. The van der Waals surface area contributed by atoms with E-state index in [2.05, 4.69) is 21.2 Å². The van der Waals surface area contributed by atoms with Crippen LogP contribution in [-0.2, 0) is 4.79 Å². The summed E-state index contributed by atoms with van der Waals surface area (Å²) in [7, 11) is 0. The van der Waals surface area contributed by atoms with Gasteiger partial charge in [0.05, 0.1) is 16.2 Å². The lowest BCUT2D eigenvalue weighted by atomic mass is 10.1. The fourth-order valence-electron chi connectivity index (χ4n) is 1.88. The molecule has 0 aliphatic rings. The van der Waals surface area contributed by atoms with Crippen LogP contribution in [0.5, 0.6) is 0 Å². The number of halogens is 1. The van der Waals surface area contributed by atoms with Crippen molar-refractivity contribution >= 4 is 39.3 Å². The van der Waals surface area contributed by atoms with Crippen LogP contribution in [-0.4, -0.2) is 10.8 Å². The van der Waals surface area contributed by atoms with Crippen LogP contribution in [0, 0.1) is 17.0 Å². The Labute approximate surface area is 135 Å². The van der Waals surface area contributed by atoms with Crippen LogP contribution in [0.1, 0.15) is 11.1 Å². The van der Waals surface area contributed by atoms with Gasteiger partial charge in [-0.2, -0.15) is 0 Å². The zero-order chi connectivity index (χ0) is 16.1. The molecule has 0 saturated heterocycles. The van der Waals surface area contributed by atoms with E-state index in [1.807, 2.05) is 24.3 Å². The van der Waals surface area contributed by atoms with E-state index < -0.39 is 4.92 Å². The molecule has 112 valence electrons. The molecule has 1 amide bonds. The highest BCUT2D eigenvalue weighted by Crippen LogP contribution is 2.25. The Morgan fingerprint density at radius 1 is 1.23 bits per heavy atom. The van der Waals surface area contributed by atoms with E-state index in [0.717, 1.165) is 10.0 Å². The molecule has 5 nitrogen and oxygen atoms in total. The molecule has 0 radical (unpaired) electrons. The maximum atomic E-state index is 11.9. The van der Waals surface area contributed by atoms with Gasteiger partial charge in [-0.1, -0.05) is 34.1 Å². The molecule has 6 heteroatoms. The minimum absolute atomic E-state index is 0.0188. The van der Waals surface area contributed by atoms with Gasteiger partial charge in [-0.3, -0.25) is 14.9 Å². The largest absolute Gasteiger partial charge is 0.322 e. The average molecular weight is 361 g/mol. The zero-order valence-electron chi connectivity index (χ0n) is 11.7. The third kappa shape index (κ3) is 4.02. The summed E-state index contributed by atoms with van der Waals surface area (Å²) < 4.78 is 0.960. The molecule has 0 aromatic heterocycles. The third-order valence-electron chi connectivity index (χ3n) is 3.06. The quantitative estimate of drug-likeness (QED) is 0.501. The summed E-state index contributed by atoms with van der Waals surface area (Å²) in [6.07, 6.45) is 3.07. The van der Waals surface area contributed by atoms with Gasteiger partial charge in [0.1, 0.15) is 0 Å². The first-order chi connectivity index (χ1) is 10.5. The second-order valence-electron chi connectivity index (χ2n) is 4.58. The minimum atomic E-state index is -0.470. The Balaban J connectivity index is 2.11. The van der Waals surface area contributed by atoms with Crippen molar-refractivity contribution in [1.82, 2.24) is 0 Å². The minimum Gasteiger partial charge on any atom is -0.322 e. The highest BCUT2D eigenvalue weighted by atomic mass is 79.9. The van der Waals surface area contributed by atoms with E-state index in [-0.39, 0.29) is 11.6 Å². The van der Waals surface area contributed by atoms with E-state index in [4.69, 9.17) is 0 Å². The molecule has 22 heavy (non-hydrogen) atoms. The van der Waals surface area contributed by atoms with Crippen molar-refractivity contribution in [2.75, 3.05) is 5.32 Å². The Kier molecular flexibility index (Phi) is 5.06. The average Bonchev–Trinajstić information content (AvgIpc) is 2.48. The summed E-state index contributed by atoms with van der Waals surface area (Å²) >= 11 is 3.34. The zero-order valence-corrected chi connectivity index (χ0v) is 13.3. The van der Waals surface area contributed by atoms with Gasteiger partial charge in [0.2, 0.25) is 5.91 Å². The molecule has 1 N–H and O–H groups in total. The van der Waals surface area contributed by atoms with Gasteiger partial charge in [-0.05, 0) is 36.8 Å². The number of carbonyl (C=O) groups is 1. The van der Waals surface area contributed by atoms with Gasteiger partial charge >= 0.3 is 0 Å². The maximum absolute atomic E-state index is 11.9. The molecule has 0 aliphatic heterocycles. The van der Waals surface area contributed by atoms with Gasteiger partial charge in [0.15, 0.2) is 0 Å². The molecule has 0 saturated carbocycles. The number of carbonyl (C=O) groups excluding carboxylic acids is 1. The van der Waals surface area contributed by atoms with Gasteiger partial charge in [0, 0.05) is 16.6 Å². The van der Waals surface area contributed by atoms with E-state index in [1.165, 1.54) is 12.1 Å². The number of nitro groups is 1. The van der Waals surface area contributed by atoms with Gasteiger partial charge in [-0.25, -0.2) is 0 Å². The Morgan fingerprint density at radius 3 is 2.55 bits per heavy atom. The van der Waals surface area contributed by atoms with Crippen LogP contribution in [0.15, 0.2) is 53.0 Å². The maximum Gasteiger partial charge on any atom is 0.274 e. The second kappa shape index (κ2) is 7.00. The summed E-state index contributed by atoms with van der Waals surface area (Å²) in [5, 5.41) is 13.5. The van der Waals surface area contributed by atoms with Gasteiger partial charge in [0.25, 0.3) is 5.69 Å². The van der Waals surface area contributed by atoms with Crippen molar-refractivity contribution in [2.45, 2.75) is 6.92 Å². The van der Waals surface area contributed by atoms with Crippen LogP contribution in [0.3, 0.4) is 0 Å². The first-order valence-electron chi connectivity index (χ1n) is 6.46. The topological polar surface area (TPSA) is 72.2 Å². The predicted octanol–water partition coefficient (Wildman–Crippen LogP) is 4.32. The number of nitro benzene ring substituents is 1. The summed E-state index contributed by atoms with van der Waals surface area (Å²) in [5.74, 6) is -0.341. The SMILES string of the molecule is Cc1c(NC(=O)/C=C/c2ccc(Br)cc2)cccc1[N+](=O)[O-]. The van der Waals surface area contributed by atoms with Crippen LogP contribution >= 0.6 is 15.9 Å². The molecule has 2 aromatic carbocycles. The number of hydrogen-bond donors (Lipinski definition) is 1. The van der Waals surface area contributed by atoms with Crippen molar-refractivity contribution in [3.05, 3.63) is 74.3 Å². The fourth-order valence-corrected chi connectivity index (χ4v) is 2.14. The normalized spacial score (nSPS) is 10.6. The van der Waals surface area contributed by atoms with Gasteiger partial charge in [-0.15, -0.1) is 0 Å². The summed E-state index contributed by atoms with van der Waals surface area (Å²) in [5.41, 5.74) is 1.72. The van der Waals surface area contributed by atoms with Gasteiger partial charge < -0.3 is 5.32 Å². The molecular weight excluding hydrogens is 348 g/mol. The Morgan fingerprint density at radius 2 is 1.91 bits per heavy atom. The summed E-state index contributed by atoms with van der Waals surface area (Å²) in [6.45, 7) is 1.60. The number of nitrogens with zero attached hydrogens (tertiary/aromatic N) is 1. The van der Waals surface area contributed by atoms with E-state index in [9.17, 15) is 14.9 Å². The smallest absolute Gasteiger partial charge is 0.274 e. The van der Waals surface area contributed by atoms with E-state index >= 15 is 0 Å². The molecule has 0 fully saturated rings. The Hall–Kier alpha value is -2.47. The monoisotopic (exact) mass is 360 g/mol. The van der Waals surface area contributed by atoms with Crippen molar-refractivity contribution in [3.8, 4) is 0 Å². The lowest BCUT2D eigenvalue weighted by molar-refractivity contribution is -0.385. The van der Waals surface area contributed by atoms with Crippen LogP contribution in [0.4, 0.5) is 11.4 Å².